The highest BCUT2D eigenvalue weighted by Gasteiger charge is 2.40. The van der Waals surface area contributed by atoms with Gasteiger partial charge in [0, 0.05) is 43.4 Å². The van der Waals surface area contributed by atoms with Crippen molar-refractivity contribution in [3.8, 4) is 11.5 Å². The van der Waals surface area contributed by atoms with E-state index in [1.54, 1.807) is 17.9 Å². The average molecular weight is 438 g/mol. The summed E-state index contributed by atoms with van der Waals surface area (Å²) in [6, 6.07) is 5.46. The SMILES string of the molecule is COc1ccc(C(C)(O)N2CCN(C(=O)c3cc(F)c(OC)cc3F)CC2C)c(F)c1. The van der Waals surface area contributed by atoms with E-state index in [-0.39, 0.29) is 37.0 Å². The number of rotatable bonds is 5. The first-order valence-corrected chi connectivity index (χ1v) is 9.75. The molecule has 2 aromatic rings. The highest BCUT2D eigenvalue weighted by Crippen LogP contribution is 2.33. The second kappa shape index (κ2) is 8.76. The van der Waals surface area contributed by atoms with Crippen molar-refractivity contribution in [1.29, 1.82) is 0 Å². The summed E-state index contributed by atoms with van der Waals surface area (Å²) in [5, 5.41) is 11.1. The van der Waals surface area contributed by atoms with Crippen LogP contribution in [0.15, 0.2) is 30.3 Å². The molecule has 0 aromatic heterocycles. The molecule has 9 heteroatoms. The summed E-state index contributed by atoms with van der Waals surface area (Å²) in [4.78, 5) is 15.8. The van der Waals surface area contributed by atoms with Crippen LogP contribution in [0, 0.1) is 17.5 Å². The van der Waals surface area contributed by atoms with Crippen molar-refractivity contribution in [3.63, 3.8) is 0 Å². The van der Waals surface area contributed by atoms with Gasteiger partial charge in [-0.05, 0) is 32.0 Å². The maximum Gasteiger partial charge on any atom is 0.257 e. The Morgan fingerprint density at radius 3 is 2.35 bits per heavy atom. The van der Waals surface area contributed by atoms with Gasteiger partial charge in [-0.25, -0.2) is 13.2 Å². The Morgan fingerprint density at radius 1 is 1.06 bits per heavy atom. The summed E-state index contributed by atoms with van der Waals surface area (Å²) >= 11 is 0. The molecule has 2 atom stereocenters. The maximum absolute atomic E-state index is 14.6. The second-order valence-electron chi connectivity index (χ2n) is 7.63. The van der Waals surface area contributed by atoms with E-state index in [4.69, 9.17) is 9.47 Å². The molecule has 0 bridgehead atoms. The van der Waals surface area contributed by atoms with Crippen molar-refractivity contribution in [2.45, 2.75) is 25.6 Å². The molecule has 168 valence electrons. The molecule has 0 aliphatic carbocycles. The predicted molar refractivity (Wildman–Crippen MR) is 108 cm³/mol. The summed E-state index contributed by atoms with van der Waals surface area (Å²) in [7, 11) is 2.63. The third-order valence-corrected chi connectivity index (χ3v) is 5.63. The van der Waals surface area contributed by atoms with Crippen LogP contribution in [0.5, 0.6) is 11.5 Å². The van der Waals surface area contributed by atoms with E-state index >= 15 is 0 Å². The lowest BCUT2D eigenvalue weighted by Gasteiger charge is -2.47. The minimum atomic E-state index is -1.65. The summed E-state index contributed by atoms with van der Waals surface area (Å²) < 4.78 is 52.6. The molecular formula is C22H25F3N2O4. The van der Waals surface area contributed by atoms with Crippen LogP contribution in [-0.4, -0.2) is 60.7 Å². The fraction of sp³-hybridized carbons (Fsp3) is 0.409. The zero-order valence-corrected chi connectivity index (χ0v) is 17.8. The van der Waals surface area contributed by atoms with Gasteiger partial charge in [0.15, 0.2) is 11.6 Å². The van der Waals surface area contributed by atoms with Crippen LogP contribution in [-0.2, 0) is 5.72 Å². The molecule has 6 nitrogen and oxygen atoms in total. The topological polar surface area (TPSA) is 62.2 Å². The molecule has 0 saturated carbocycles. The minimum Gasteiger partial charge on any atom is -0.497 e. The number of benzene rings is 2. The van der Waals surface area contributed by atoms with Gasteiger partial charge in [-0.3, -0.25) is 9.69 Å². The summed E-state index contributed by atoms with van der Waals surface area (Å²) in [5.41, 5.74) is -1.97. The van der Waals surface area contributed by atoms with Crippen molar-refractivity contribution >= 4 is 5.91 Å². The minimum absolute atomic E-state index is 0.0724. The molecule has 2 aromatic carbocycles. The fourth-order valence-electron chi connectivity index (χ4n) is 3.97. The zero-order valence-electron chi connectivity index (χ0n) is 17.8. The number of piperazine rings is 1. The Balaban J connectivity index is 1.79. The number of methoxy groups -OCH3 is 2. The summed E-state index contributed by atoms with van der Waals surface area (Å²) in [5.74, 6) is -2.96. The Morgan fingerprint density at radius 2 is 1.77 bits per heavy atom. The number of hydrogen-bond acceptors (Lipinski definition) is 5. The van der Waals surface area contributed by atoms with Crippen LogP contribution in [0.2, 0.25) is 0 Å². The van der Waals surface area contributed by atoms with Crippen molar-refractivity contribution in [1.82, 2.24) is 9.80 Å². The Bertz CT molecular complexity index is 983. The highest BCUT2D eigenvalue weighted by atomic mass is 19.1. The van der Waals surface area contributed by atoms with E-state index in [1.807, 2.05) is 0 Å². The molecule has 1 N–H and O–H groups in total. The number of carbonyl (C=O) groups excluding carboxylic acids is 1. The number of carbonyl (C=O) groups is 1. The number of halogens is 3. The van der Waals surface area contributed by atoms with Gasteiger partial charge in [0.2, 0.25) is 0 Å². The highest BCUT2D eigenvalue weighted by molar-refractivity contribution is 5.94. The van der Waals surface area contributed by atoms with Gasteiger partial charge in [0.1, 0.15) is 23.1 Å². The molecule has 1 fully saturated rings. The van der Waals surface area contributed by atoms with Gasteiger partial charge in [-0.2, -0.15) is 0 Å². The Hall–Kier alpha value is -2.78. The monoisotopic (exact) mass is 438 g/mol. The summed E-state index contributed by atoms with van der Waals surface area (Å²) in [6.07, 6.45) is 0. The lowest BCUT2D eigenvalue weighted by atomic mass is 9.98. The summed E-state index contributed by atoms with van der Waals surface area (Å²) in [6.45, 7) is 3.72. The van der Waals surface area contributed by atoms with Gasteiger partial charge in [0.05, 0.1) is 19.8 Å². The normalized spacial score (nSPS) is 19.1. The number of amides is 1. The van der Waals surface area contributed by atoms with Crippen LogP contribution in [0.1, 0.15) is 29.8 Å². The molecule has 0 spiro atoms. The fourth-order valence-corrected chi connectivity index (χ4v) is 3.97. The number of nitrogens with zero attached hydrogens (tertiary/aromatic N) is 2. The molecule has 31 heavy (non-hydrogen) atoms. The van der Waals surface area contributed by atoms with Crippen LogP contribution >= 0.6 is 0 Å². The van der Waals surface area contributed by atoms with Gasteiger partial charge >= 0.3 is 0 Å². The first-order chi connectivity index (χ1) is 14.6. The van der Waals surface area contributed by atoms with Gasteiger partial charge in [-0.1, -0.05) is 0 Å². The zero-order chi connectivity index (χ0) is 22.9. The van der Waals surface area contributed by atoms with Gasteiger partial charge in [0.25, 0.3) is 5.91 Å². The lowest BCUT2D eigenvalue weighted by Crippen LogP contribution is -2.60. The quantitative estimate of drug-likeness (QED) is 0.777. The first-order valence-electron chi connectivity index (χ1n) is 9.75. The van der Waals surface area contributed by atoms with E-state index in [2.05, 4.69) is 0 Å². The third kappa shape index (κ3) is 4.33. The molecule has 3 rings (SSSR count). The van der Waals surface area contributed by atoms with E-state index < -0.39 is 34.6 Å². The first kappa shape index (κ1) is 22.9. The van der Waals surface area contributed by atoms with Crippen molar-refractivity contribution in [2.75, 3.05) is 33.9 Å². The van der Waals surface area contributed by atoms with Crippen LogP contribution in [0.3, 0.4) is 0 Å². The Labute approximate surface area is 178 Å². The van der Waals surface area contributed by atoms with Gasteiger partial charge < -0.3 is 19.5 Å². The van der Waals surface area contributed by atoms with Crippen LogP contribution in [0.25, 0.3) is 0 Å². The van der Waals surface area contributed by atoms with Crippen molar-refractivity contribution < 1.29 is 32.5 Å². The molecule has 1 saturated heterocycles. The van der Waals surface area contributed by atoms with Crippen LogP contribution in [0.4, 0.5) is 13.2 Å². The smallest absolute Gasteiger partial charge is 0.257 e. The third-order valence-electron chi connectivity index (χ3n) is 5.63. The number of ether oxygens (including phenoxy) is 2. The van der Waals surface area contributed by atoms with E-state index in [1.165, 1.54) is 38.2 Å². The Kier molecular flexibility index (Phi) is 6.47. The largest absolute Gasteiger partial charge is 0.497 e. The molecular weight excluding hydrogens is 413 g/mol. The maximum atomic E-state index is 14.6. The molecule has 0 radical (unpaired) electrons. The van der Waals surface area contributed by atoms with Gasteiger partial charge in [-0.15, -0.1) is 0 Å². The molecule has 1 amide bonds. The predicted octanol–water partition coefficient (Wildman–Crippen LogP) is 3.13. The molecule has 1 heterocycles. The number of hydrogen-bond donors (Lipinski definition) is 1. The standard InChI is InChI=1S/C22H25F3N2O4/c1-13-12-26(21(28)15-10-19(25)20(31-4)11-17(15)23)7-8-27(13)22(2,29)16-6-5-14(30-3)9-18(16)24/h5-6,9-11,13,29H,7-8,12H2,1-4H3. The molecule has 1 aliphatic heterocycles. The molecule has 1 aliphatic rings. The van der Waals surface area contributed by atoms with Crippen LogP contribution < -0.4 is 9.47 Å². The van der Waals surface area contributed by atoms with E-state index in [9.17, 15) is 23.1 Å². The number of aliphatic hydroxyl groups is 1. The van der Waals surface area contributed by atoms with E-state index in [0.29, 0.717) is 5.75 Å². The van der Waals surface area contributed by atoms with Crippen molar-refractivity contribution in [2.24, 2.45) is 0 Å². The average Bonchev–Trinajstić information content (AvgIpc) is 2.73. The van der Waals surface area contributed by atoms with Crippen molar-refractivity contribution in [3.05, 3.63) is 58.9 Å². The second-order valence-corrected chi connectivity index (χ2v) is 7.63. The lowest BCUT2D eigenvalue weighted by molar-refractivity contribution is -0.137. The van der Waals surface area contributed by atoms with E-state index in [0.717, 1.165) is 12.1 Å². The molecule has 2 unspecified atom stereocenters.